The molecule has 2 N–H and O–H groups in total. The highest BCUT2D eigenvalue weighted by atomic mass is 32.1. The quantitative estimate of drug-likeness (QED) is 0.755. The van der Waals surface area contributed by atoms with Crippen LogP contribution in [0.2, 0.25) is 0 Å². The van der Waals surface area contributed by atoms with Crippen molar-refractivity contribution in [3.8, 4) is 0 Å². The Morgan fingerprint density at radius 2 is 2.05 bits per heavy atom. The molecule has 22 heavy (non-hydrogen) atoms. The van der Waals surface area contributed by atoms with E-state index in [0.29, 0.717) is 5.56 Å². The summed E-state index contributed by atoms with van der Waals surface area (Å²) in [5.74, 6) is -1.11. The third kappa shape index (κ3) is 2.23. The molecule has 3 aromatic heterocycles. The lowest BCUT2D eigenvalue weighted by atomic mass is 10.2. The van der Waals surface area contributed by atoms with Crippen molar-refractivity contribution in [1.82, 2.24) is 14.5 Å². The van der Waals surface area contributed by atoms with Crippen LogP contribution in [0.3, 0.4) is 0 Å². The molecule has 3 heterocycles. The van der Waals surface area contributed by atoms with Gasteiger partial charge in [-0.05, 0) is 30.2 Å². The Balaban J connectivity index is 2.24. The van der Waals surface area contributed by atoms with E-state index in [4.69, 9.17) is 5.11 Å². The number of hydrogen-bond acceptors (Lipinski definition) is 5. The molecule has 0 aliphatic heterocycles. The number of aromatic amines is 1. The molecule has 0 aromatic carbocycles. The van der Waals surface area contributed by atoms with Crippen LogP contribution < -0.4 is 11.2 Å². The maximum Gasteiger partial charge on any atom is 0.346 e. The van der Waals surface area contributed by atoms with Crippen LogP contribution in [0.25, 0.3) is 10.2 Å². The van der Waals surface area contributed by atoms with Crippen LogP contribution in [0, 0.1) is 6.92 Å². The van der Waals surface area contributed by atoms with E-state index in [2.05, 4.69) is 9.97 Å². The van der Waals surface area contributed by atoms with E-state index in [1.54, 1.807) is 31.5 Å². The SMILES string of the molecule is Cc1c(C(=O)O)sc2[nH]c(=O)n(Cc3ccncc3)c(=O)c12. The minimum Gasteiger partial charge on any atom is -0.477 e. The number of aromatic carboxylic acids is 1. The maximum atomic E-state index is 12.6. The van der Waals surface area contributed by atoms with Crippen LogP contribution >= 0.6 is 11.3 Å². The van der Waals surface area contributed by atoms with Crippen molar-refractivity contribution in [2.24, 2.45) is 0 Å². The predicted molar refractivity (Wildman–Crippen MR) is 81.7 cm³/mol. The smallest absolute Gasteiger partial charge is 0.346 e. The van der Waals surface area contributed by atoms with Crippen LogP contribution in [0.15, 0.2) is 34.1 Å². The number of carboxylic acids is 1. The Morgan fingerprint density at radius 3 is 2.68 bits per heavy atom. The van der Waals surface area contributed by atoms with E-state index in [1.165, 1.54) is 0 Å². The molecule has 7 nitrogen and oxygen atoms in total. The average Bonchev–Trinajstić information content (AvgIpc) is 2.81. The van der Waals surface area contributed by atoms with Gasteiger partial charge in [0.25, 0.3) is 5.56 Å². The van der Waals surface area contributed by atoms with Gasteiger partial charge < -0.3 is 5.11 Å². The molecule has 0 saturated carbocycles. The first-order valence-electron chi connectivity index (χ1n) is 6.37. The third-order valence-electron chi connectivity index (χ3n) is 3.36. The highest BCUT2D eigenvalue weighted by molar-refractivity contribution is 7.20. The molecule has 0 saturated heterocycles. The van der Waals surface area contributed by atoms with Gasteiger partial charge in [-0.15, -0.1) is 11.3 Å². The van der Waals surface area contributed by atoms with Crippen LogP contribution in [0.1, 0.15) is 20.8 Å². The van der Waals surface area contributed by atoms with Crippen LogP contribution in [0.5, 0.6) is 0 Å². The zero-order valence-electron chi connectivity index (χ0n) is 11.5. The number of carboxylic acid groups (broad SMARTS) is 1. The zero-order valence-corrected chi connectivity index (χ0v) is 12.3. The summed E-state index contributed by atoms with van der Waals surface area (Å²) < 4.78 is 1.06. The van der Waals surface area contributed by atoms with E-state index >= 15 is 0 Å². The van der Waals surface area contributed by atoms with Crippen molar-refractivity contribution >= 4 is 27.5 Å². The lowest BCUT2D eigenvalue weighted by Crippen LogP contribution is -2.35. The molecule has 0 bridgehead atoms. The van der Waals surface area contributed by atoms with Crippen LogP contribution in [-0.4, -0.2) is 25.6 Å². The van der Waals surface area contributed by atoms with Crippen LogP contribution in [-0.2, 0) is 6.54 Å². The molecule has 8 heteroatoms. The second-order valence-corrected chi connectivity index (χ2v) is 5.76. The van der Waals surface area contributed by atoms with Gasteiger partial charge in [0.1, 0.15) is 9.71 Å². The van der Waals surface area contributed by atoms with Crippen molar-refractivity contribution in [1.29, 1.82) is 0 Å². The summed E-state index contributed by atoms with van der Waals surface area (Å²) in [7, 11) is 0. The summed E-state index contributed by atoms with van der Waals surface area (Å²) in [4.78, 5) is 42.6. The lowest BCUT2D eigenvalue weighted by molar-refractivity contribution is 0.0701. The van der Waals surface area contributed by atoms with Crippen molar-refractivity contribution in [3.63, 3.8) is 0 Å². The van der Waals surface area contributed by atoms with E-state index < -0.39 is 17.2 Å². The number of carbonyl (C=O) groups is 1. The number of aromatic nitrogens is 3. The molecule has 0 amide bonds. The van der Waals surface area contributed by atoms with Gasteiger partial charge in [-0.1, -0.05) is 0 Å². The first-order chi connectivity index (χ1) is 10.5. The normalized spacial score (nSPS) is 11.0. The topological polar surface area (TPSA) is 105 Å². The van der Waals surface area contributed by atoms with Crippen molar-refractivity contribution in [2.75, 3.05) is 0 Å². The molecule has 0 atom stereocenters. The highest BCUT2D eigenvalue weighted by Crippen LogP contribution is 2.26. The number of nitrogens with zero attached hydrogens (tertiary/aromatic N) is 2. The van der Waals surface area contributed by atoms with E-state index in [1.807, 2.05) is 0 Å². The Labute approximate surface area is 127 Å². The Bertz CT molecular complexity index is 985. The predicted octanol–water partition coefficient (Wildman–Crippen LogP) is 1.20. The summed E-state index contributed by atoms with van der Waals surface area (Å²) in [5, 5.41) is 9.38. The molecule has 0 radical (unpaired) electrons. The number of H-pyrrole nitrogens is 1. The summed E-state index contributed by atoms with van der Waals surface area (Å²) >= 11 is 0.897. The second kappa shape index (κ2) is 5.23. The molecular weight excluding hydrogens is 306 g/mol. The Hall–Kier alpha value is -2.74. The minimum absolute atomic E-state index is 0.0596. The zero-order chi connectivity index (χ0) is 15.9. The molecule has 0 aliphatic rings. The molecule has 0 spiro atoms. The number of thiophene rings is 1. The van der Waals surface area contributed by atoms with Gasteiger partial charge in [-0.2, -0.15) is 0 Å². The van der Waals surface area contributed by atoms with Gasteiger partial charge in [-0.25, -0.2) is 9.59 Å². The maximum absolute atomic E-state index is 12.6. The van der Waals surface area contributed by atoms with Crippen molar-refractivity contribution in [2.45, 2.75) is 13.5 Å². The average molecular weight is 317 g/mol. The molecule has 112 valence electrons. The van der Waals surface area contributed by atoms with Gasteiger partial charge in [0.05, 0.1) is 11.9 Å². The van der Waals surface area contributed by atoms with Crippen molar-refractivity contribution < 1.29 is 9.90 Å². The fourth-order valence-corrected chi connectivity index (χ4v) is 3.30. The van der Waals surface area contributed by atoms with Gasteiger partial charge in [0.15, 0.2) is 0 Å². The monoisotopic (exact) mass is 317 g/mol. The number of rotatable bonds is 3. The Morgan fingerprint density at radius 1 is 1.36 bits per heavy atom. The largest absolute Gasteiger partial charge is 0.477 e. The van der Waals surface area contributed by atoms with Gasteiger partial charge in [-0.3, -0.25) is 19.3 Å². The first-order valence-corrected chi connectivity index (χ1v) is 7.19. The highest BCUT2D eigenvalue weighted by Gasteiger charge is 2.19. The number of pyridine rings is 1. The van der Waals surface area contributed by atoms with Gasteiger partial charge in [0.2, 0.25) is 0 Å². The second-order valence-electron chi connectivity index (χ2n) is 4.74. The van der Waals surface area contributed by atoms with E-state index in [0.717, 1.165) is 21.5 Å². The molecule has 0 aliphatic carbocycles. The molecule has 3 aromatic rings. The molecule has 3 rings (SSSR count). The van der Waals surface area contributed by atoms with Crippen molar-refractivity contribution in [3.05, 3.63) is 61.4 Å². The summed E-state index contributed by atoms with van der Waals surface area (Å²) in [6, 6.07) is 3.42. The molecular formula is C14H11N3O4S. The molecule has 0 fully saturated rings. The number of aryl methyl sites for hydroxylation is 1. The third-order valence-corrected chi connectivity index (χ3v) is 4.55. The van der Waals surface area contributed by atoms with Gasteiger partial charge >= 0.3 is 11.7 Å². The lowest BCUT2D eigenvalue weighted by Gasteiger charge is -2.04. The Kier molecular flexibility index (Phi) is 3.38. The molecule has 0 unspecified atom stereocenters. The van der Waals surface area contributed by atoms with Gasteiger partial charge in [0, 0.05) is 12.4 Å². The number of hydrogen-bond donors (Lipinski definition) is 2. The fourth-order valence-electron chi connectivity index (χ4n) is 2.27. The number of fused-ring (bicyclic) bond motifs is 1. The van der Waals surface area contributed by atoms with Crippen LogP contribution in [0.4, 0.5) is 0 Å². The summed E-state index contributed by atoms with van der Waals surface area (Å²) in [5.41, 5.74) is 0.0785. The minimum atomic E-state index is -1.11. The number of nitrogens with one attached hydrogen (secondary N) is 1. The summed E-state index contributed by atoms with van der Waals surface area (Å²) in [6.07, 6.45) is 3.15. The standard InChI is InChI=1S/C14H11N3O4S/c1-7-9-11(22-10(7)13(19)20)16-14(21)17(12(9)18)6-8-2-4-15-5-3-8/h2-5H,6H2,1H3,(H,16,21)(H,19,20). The van der Waals surface area contributed by atoms with E-state index in [-0.39, 0.29) is 21.6 Å². The fraction of sp³-hybridized carbons (Fsp3) is 0.143. The first kappa shape index (κ1) is 14.2. The summed E-state index contributed by atoms with van der Waals surface area (Å²) in [6.45, 7) is 1.67. The van der Waals surface area contributed by atoms with E-state index in [9.17, 15) is 14.4 Å².